The van der Waals surface area contributed by atoms with Crippen LogP contribution in [0.5, 0.6) is 0 Å². The van der Waals surface area contributed by atoms with E-state index < -0.39 is 0 Å². The number of rotatable bonds is 4. The van der Waals surface area contributed by atoms with Gasteiger partial charge in [-0.15, -0.1) is 0 Å². The van der Waals surface area contributed by atoms with Crippen LogP contribution in [0.1, 0.15) is 37.3 Å². The number of hydrogen-bond donors (Lipinski definition) is 2. The minimum Gasteiger partial charge on any atom is -0.352 e. The molecule has 2 unspecified atom stereocenters. The third-order valence-corrected chi connectivity index (χ3v) is 3.79. The average molecular weight is 260 g/mol. The Balaban J connectivity index is 1.71. The molecule has 1 amide bonds. The van der Waals surface area contributed by atoms with E-state index in [9.17, 15) is 4.79 Å². The minimum absolute atomic E-state index is 0.168. The highest BCUT2D eigenvalue weighted by molar-refractivity contribution is 5.76. The first-order chi connectivity index (χ1) is 9.13. The van der Waals surface area contributed by atoms with Crippen LogP contribution >= 0.6 is 0 Å². The molecule has 2 atom stereocenters. The van der Waals surface area contributed by atoms with E-state index in [1.807, 2.05) is 0 Å². The van der Waals surface area contributed by atoms with Crippen molar-refractivity contribution in [3.05, 3.63) is 35.4 Å². The Morgan fingerprint density at radius 3 is 2.68 bits per heavy atom. The van der Waals surface area contributed by atoms with E-state index in [-0.39, 0.29) is 5.91 Å². The predicted molar refractivity (Wildman–Crippen MR) is 78.1 cm³/mol. The topological polar surface area (TPSA) is 41.1 Å². The minimum atomic E-state index is 0.168. The van der Waals surface area contributed by atoms with Crippen molar-refractivity contribution in [3.8, 4) is 0 Å². The lowest BCUT2D eigenvalue weighted by Gasteiger charge is -2.28. The van der Waals surface area contributed by atoms with Gasteiger partial charge in [0, 0.05) is 25.0 Å². The Morgan fingerprint density at radius 2 is 2.05 bits per heavy atom. The maximum atomic E-state index is 11.9. The van der Waals surface area contributed by atoms with Gasteiger partial charge in [-0.25, -0.2) is 0 Å². The van der Waals surface area contributed by atoms with E-state index in [1.54, 1.807) is 0 Å². The van der Waals surface area contributed by atoms with Gasteiger partial charge in [0.15, 0.2) is 0 Å². The number of hydrogen-bond acceptors (Lipinski definition) is 2. The lowest BCUT2D eigenvalue weighted by atomic mass is 10.0. The van der Waals surface area contributed by atoms with Crippen LogP contribution in [-0.2, 0) is 11.2 Å². The maximum Gasteiger partial charge on any atom is 0.220 e. The van der Waals surface area contributed by atoms with E-state index in [4.69, 9.17) is 0 Å². The van der Waals surface area contributed by atoms with Gasteiger partial charge in [-0.1, -0.05) is 29.8 Å². The number of carbonyl (C=O) groups is 1. The second-order valence-corrected chi connectivity index (χ2v) is 5.64. The van der Waals surface area contributed by atoms with E-state index >= 15 is 0 Å². The van der Waals surface area contributed by atoms with Gasteiger partial charge in [-0.2, -0.15) is 0 Å². The van der Waals surface area contributed by atoms with Gasteiger partial charge in [0.2, 0.25) is 5.91 Å². The highest BCUT2D eigenvalue weighted by Crippen LogP contribution is 2.09. The summed E-state index contributed by atoms with van der Waals surface area (Å²) in [5.41, 5.74) is 2.49. The van der Waals surface area contributed by atoms with Crippen LogP contribution in [0.4, 0.5) is 0 Å². The lowest BCUT2D eigenvalue weighted by Crippen LogP contribution is -2.48. The standard InChI is InChI=1S/C16H24N2O/c1-12-3-6-14(7-4-12)8-10-16(19)18-15-9-5-13(2)17-11-15/h3-4,6-7,13,15,17H,5,8-11H2,1-2H3,(H,18,19). The van der Waals surface area contributed by atoms with Crippen LogP contribution in [0, 0.1) is 6.92 Å². The fraction of sp³-hybridized carbons (Fsp3) is 0.562. The fourth-order valence-corrected chi connectivity index (χ4v) is 2.43. The molecule has 0 spiro atoms. The number of benzene rings is 1. The SMILES string of the molecule is Cc1ccc(CCC(=O)NC2CCC(C)NC2)cc1. The number of carbonyl (C=O) groups excluding carboxylic acids is 1. The first-order valence-electron chi connectivity index (χ1n) is 7.22. The molecule has 19 heavy (non-hydrogen) atoms. The van der Waals surface area contributed by atoms with Crippen LogP contribution in [0.25, 0.3) is 0 Å². The molecule has 104 valence electrons. The Kier molecular flexibility index (Phi) is 4.97. The van der Waals surface area contributed by atoms with Gasteiger partial charge in [-0.05, 0) is 38.7 Å². The van der Waals surface area contributed by atoms with Crippen molar-refractivity contribution in [2.75, 3.05) is 6.54 Å². The second kappa shape index (κ2) is 6.71. The Hall–Kier alpha value is -1.35. The molecule has 0 bridgehead atoms. The molecule has 3 nitrogen and oxygen atoms in total. The molecule has 3 heteroatoms. The first-order valence-corrected chi connectivity index (χ1v) is 7.22. The summed E-state index contributed by atoms with van der Waals surface area (Å²) < 4.78 is 0. The summed E-state index contributed by atoms with van der Waals surface area (Å²) in [6.45, 7) is 5.17. The van der Waals surface area contributed by atoms with Crippen LogP contribution < -0.4 is 10.6 Å². The van der Waals surface area contributed by atoms with Crippen molar-refractivity contribution in [3.63, 3.8) is 0 Å². The first kappa shape index (κ1) is 14.1. The molecule has 0 saturated carbocycles. The zero-order chi connectivity index (χ0) is 13.7. The largest absolute Gasteiger partial charge is 0.352 e. The number of piperidine rings is 1. The second-order valence-electron chi connectivity index (χ2n) is 5.64. The van der Waals surface area contributed by atoms with Crippen LogP contribution in [0.3, 0.4) is 0 Å². The zero-order valence-corrected chi connectivity index (χ0v) is 11.9. The summed E-state index contributed by atoms with van der Waals surface area (Å²) in [7, 11) is 0. The van der Waals surface area contributed by atoms with Gasteiger partial charge in [0.25, 0.3) is 0 Å². The predicted octanol–water partition coefficient (Wildman–Crippen LogP) is 2.18. The third kappa shape index (κ3) is 4.67. The lowest BCUT2D eigenvalue weighted by molar-refractivity contribution is -0.121. The van der Waals surface area contributed by atoms with Crippen LogP contribution in [0.2, 0.25) is 0 Å². The van der Waals surface area contributed by atoms with Crippen LogP contribution in [0.15, 0.2) is 24.3 Å². The molecular formula is C16H24N2O. The molecule has 2 rings (SSSR count). The normalized spacial score (nSPS) is 23.1. The molecule has 1 heterocycles. The van der Waals surface area contributed by atoms with Crippen molar-refractivity contribution in [2.24, 2.45) is 0 Å². The summed E-state index contributed by atoms with van der Waals surface area (Å²) >= 11 is 0. The Bertz CT molecular complexity index is 405. The summed E-state index contributed by atoms with van der Waals surface area (Å²) in [5, 5.41) is 6.52. The molecule has 0 radical (unpaired) electrons. The van der Waals surface area contributed by atoms with Crippen molar-refractivity contribution in [2.45, 2.75) is 51.6 Å². The Morgan fingerprint density at radius 1 is 1.32 bits per heavy atom. The third-order valence-electron chi connectivity index (χ3n) is 3.79. The maximum absolute atomic E-state index is 11.9. The molecule has 0 aromatic heterocycles. The molecule has 1 aliphatic heterocycles. The number of amides is 1. The van der Waals surface area contributed by atoms with Crippen molar-refractivity contribution >= 4 is 5.91 Å². The summed E-state index contributed by atoms with van der Waals surface area (Å²) in [6.07, 6.45) is 3.63. The molecule has 2 N–H and O–H groups in total. The van der Waals surface area contributed by atoms with Gasteiger partial charge < -0.3 is 10.6 Å². The molecule has 1 saturated heterocycles. The summed E-state index contributed by atoms with van der Waals surface area (Å²) in [5.74, 6) is 0.168. The summed E-state index contributed by atoms with van der Waals surface area (Å²) in [6, 6.07) is 9.29. The molecule has 1 aliphatic rings. The van der Waals surface area contributed by atoms with Crippen molar-refractivity contribution < 1.29 is 4.79 Å². The summed E-state index contributed by atoms with van der Waals surface area (Å²) in [4.78, 5) is 11.9. The van der Waals surface area contributed by atoms with Crippen molar-refractivity contribution in [1.82, 2.24) is 10.6 Å². The number of aryl methyl sites for hydroxylation is 2. The average Bonchev–Trinajstić information content (AvgIpc) is 2.41. The van der Waals surface area contributed by atoms with E-state index in [0.717, 1.165) is 25.8 Å². The van der Waals surface area contributed by atoms with Crippen LogP contribution in [-0.4, -0.2) is 24.5 Å². The molecule has 0 aliphatic carbocycles. The van der Waals surface area contributed by atoms with E-state index in [2.05, 4.69) is 48.7 Å². The number of nitrogens with one attached hydrogen (secondary N) is 2. The van der Waals surface area contributed by atoms with Gasteiger partial charge in [0.1, 0.15) is 0 Å². The monoisotopic (exact) mass is 260 g/mol. The fourth-order valence-electron chi connectivity index (χ4n) is 2.43. The highest BCUT2D eigenvalue weighted by atomic mass is 16.1. The van der Waals surface area contributed by atoms with E-state index in [1.165, 1.54) is 11.1 Å². The molecular weight excluding hydrogens is 236 g/mol. The molecule has 1 aromatic rings. The molecule has 1 aromatic carbocycles. The highest BCUT2D eigenvalue weighted by Gasteiger charge is 2.18. The quantitative estimate of drug-likeness (QED) is 0.871. The van der Waals surface area contributed by atoms with Gasteiger partial charge in [0.05, 0.1) is 0 Å². The van der Waals surface area contributed by atoms with E-state index in [0.29, 0.717) is 18.5 Å². The van der Waals surface area contributed by atoms with Gasteiger partial charge >= 0.3 is 0 Å². The molecule has 1 fully saturated rings. The Labute approximate surface area is 115 Å². The van der Waals surface area contributed by atoms with Gasteiger partial charge in [-0.3, -0.25) is 4.79 Å². The van der Waals surface area contributed by atoms with Crippen molar-refractivity contribution in [1.29, 1.82) is 0 Å². The smallest absolute Gasteiger partial charge is 0.220 e. The zero-order valence-electron chi connectivity index (χ0n) is 11.9.